The molecule has 1 aliphatic heterocycles. The van der Waals surface area contributed by atoms with Crippen molar-refractivity contribution in [1.82, 2.24) is 10.2 Å². The standard InChI is InChI=1S/C25H31FN4O2/c1-3-5-12-25(13-6-4-2)15-22(18-11-10-17(26)14-23(18)32-25)30(24(27)31)21-9-7-8-20-19(21)16-28-29-20/h7-11,14,16,22H,3-6,12-13,15H2,1-2H3,(H2,27,31)(H,28,29). The van der Waals surface area contributed by atoms with Crippen LogP contribution in [0.1, 0.15) is 70.4 Å². The van der Waals surface area contributed by atoms with Gasteiger partial charge in [-0.05, 0) is 43.9 Å². The number of rotatable bonds is 8. The summed E-state index contributed by atoms with van der Waals surface area (Å²) in [4.78, 5) is 14.5. The molecule has 2 heterocycles. The second kappa shape index (κ2) is 9.18. The first-order valence-corrected chi connectivity index (χ1v) is 11.5. The minimum atomic E-state index is -0.555. The molecular formula is C25H31FN4O2. The fourth-order valence-electron chi connectivity index (χ4n) is 4.87. The quantitative estimate of drug-likeness (QED) is 0.437. The zero-order valence-corrected chi connectivity index (χ0v) is 18.7. The van der Waals surface area contributed by atoms with Crippen molar-refractivity contribution in [1.29, 1.82) is 0 Å². The van der Waals surface area contributed by atoms with Crippen LogP contribution in [0.5, 0.6) is 5.75 Å². The van der Waals surface area contributed by atoms with E-state index in [1.807, 2.05) is 18.2 Å². The number of hydrogen-bond donors (Lipinski definition) is 2. The zero-order chi connectivity index (χ0) is 22.7. The number of aromatic nitrogens is 2. The number of carbonyl (C=O) groups is 1. The third-order valence-corrected chi connectivity index (χ3v) is 6.47. The average molecular weight is 439 g/mol. The number of nitrogens with two attached hydrogens (primary N) is 1. The highest BCUT2D eigenvalue weighted by atomic mass is 19.1. The Balaban J connectivity index is 1.86. The van der Waals surface area contributed by atoms with Crippen LogP contribution < -0.4 is 15.4 Å². The fraction of sp³-hybridized carbons (Fsp3) is 0.440. The number of urea groups is 1. The van der Waals surface area contributed by atoms with E-state index in [2.05, 4.69) is 24.0 Å². The van der Waals surface area contributed by atoms with Gasteiger partial charge >= 0.3 is 6.03 Å². The highest BCUT2D eigenvalue weighted by Gasteiger charge is 2.44. The maximum Gasteiger partial charge on any atom is 0.319 e. The Morgan fingerprint density at radius 1 is 1.25 bits per heavy atom. The lowest BCUT2D eigenvalue weighted by Crippen LogP contribution is -2.48. The zero-order valence-electron chi connectivity index (χ0n) is 18.7. The van der Waals surface area contributed by atoms with Crippen molar-refractivity contribution in [3.63, 3.8) is 0 Å². The number of anilines is 1. The van der Waals surface area contributed by atoms with Gasteiger partial charge < -0.3 is 10.5 Å². The minimum absolute atomic E-state index is 0.355. The minimum Gasteiger partial charge on any atom is -0.487 e. The van der Waals surface area contributed by atoms with Crippen molar-refractivity contribution in [2.75, 3.05) is 4.90 Å². The number of amides is 2. The number of unbranched alkanes of at least 4 members (excludes halogenated alkanes) is 2. The van der Waals surface area contributed by atoms with Gasteiger partial charge in [-0.15, -0.1) is 0 Å². The Labute approximate surface area is 187 Å². The Hall–Kier alpha value is -3.09. The van der Waals surface area contributed by atoms with E-state index in [-0.39, 0.29) is 11.9 Å². The molecule has 0 radical (unpaired) electrons. The van der Waals surface area contributed by atoms with E-state index in [0.717, 1.165) is 55.0 Å². The highest BCUT2D eigenvalue weighted by Crippen LogP contribution is 2.48. The van der Waals surface area contributed by atoms with Crippen LogP contribution in [-0.2, 0) is 0 Å². The number of aromatic amines is 1. The van der Waals surface area contributed by atoms with Gasteiger partial charge in [0.25, 0.3) is 0 Å². The summed E-state index contributed by atoms with van der Waals surface area (Å²) in [6.45, 7) is 4.30. The third kappa shape index (κ3) is 4.16. The van der Waals surface area contributed by atoms with E-state index in [4.69, 9.17) is 10.5 Å². The van der Waals surface area contributed by atoms with Gasteiger partial charge in [0, 0.05) is 23.4 Å². The molecule has 4 rings (SSSR count). The van der Waals surface area contributed by atoms with Crippen molar-refractivity contribution in [2.24, 2.45) is 5.73 Å². The van der Waals surface area contributed by atoms with Gasteiger partial charge in [0.1, 0.15) is 17.2 Å². The number of halogens is 1. The van der Waals surface area contributed by atoms with Gasteiger partial charge in [-0.25, -0.2) is 9.18 Å². The molecule has 32 heavy (non-hydrogen) atoms. The molecule has 170 valence electrons. The molecule has 1 aliphatic rings. The van der Waals surface area contributed by atoms with E-state index in [1.54, 1.807) is 17.2 Å². The van der Waals surface area contributed by atoms with Crippen LogP contribution in [0.2, 0.25) is 0 Å². The Kier molecular flexibility index (Phi) is 6.35. The molecule has 7 heteroatoms. The summed E-state index contributed by atoms with van der Waals surface area (Å²) in [5, 5.41) is 7.90. The lowest BCUT2D eigenvalue weighted by Gasteiger charge is -2.46. The van der Waals surface area contributed by atoms with E-state index < -0.39 is 11.6 Å². The molecule has 0 spiro atoms. The number of benzene rings is 2. The lowest BCUT2D eigenvalue weighted by atomic mass is 9.79. The number of nitrogens with zero attached hydrogens (tertiary/aromatic N) is 2. The molecule has 2 aromatic carbocycles. The van der Waals surface area contributed by atoms with Crippen molar-refractivity contribution < 1.29 is 13.9 Å². The van der Waals surface area contributed by atoms with Crippen molar-refractivity contribution in [3.05, 3.63) is 54.0 Å². The maximum absolute atomic E-state index is 14.2. The summed E-state index contributed by atoms with van der Waals surface area (Å²) in [7, 11) is 0. The number of ether oxygens (including phenoxy) is 1. The van der Waals surface area contributed by atoms with Gasteiger partial charge in [0.05, 0.1) is 23.4 Å². The summed E-state index contributed by atoms with van der Waals surface area (Å²) in [6.07, 6.45) is 8.05. The van der Waals surface area contributed by atoms with Crippen molar-refractivity contribution >= 4 is 22.6 Å². The van der Waals surface area contributed by atoms with E-state index in [9.17, 15) is 9.18 Å². The first-order valence-electron chi connectivity index (χ1n) is 11.5. The Morgan fingerprint density at radius 2 is 2.00 bits per heavy atom. The number of carbonyl (C=O) groups excluding carboxylic acids is 1. The molecule has 6 nitrogen and oxygen atoms in total. The topological polar surface area (TPSA) is 84.2 Å². The van der Waals surface area contributed by atoms with Gasteiger partial charge in [-0.1, -0.05) is 38.8 Å². The highest BCUT2D eigenvalue weighted by molar-refractivity contribution is 6.02. The van der Waals surface area contributed by atoms with Gasteiger partial charge in [-0.2, -0.15) is 5.10 Å². The van der Waals surface area contributed by atoms with E-state index in [1.165, 1.54) is 12.1 Å². The Bertz CT molecular complexity index is 1090. The van der Waals surface area contributed by atoms with E-state index >= 15 is 0 Å². The molecule has 0 saturated carbocycles. The summed E-state index contributed by atoms with van der Waals surface area (Å²) in [5.41, 5.74) is 7.78. The van der Waals surface area contributed by atoms with E-state index in [0.29, 0.717) is 17.9 Å². The fourth-order valence-corrected chi connectivity index (χ4v) is 4.87. The molecule has 0 saturated heterocycles. The molecule has 0 bridgehead atoms. The second-order valence-electron chi connectivity index (χ2n) is 8.71. The van der Waals surface area contributed by atoms with Crippen LogP contribution >= 0.6 is 0 Å². The van der Waals surface area contributed by atoms with Crippen molar-refractivity contribution in [3.8, 4) is 5.75 Å². The molecule has 3 aromatic rings. The van der Waals surface area contributed by atoms with Crippen LogP contribution in [0.4, 0.5) is 14.9 Å². The maximum atomic E-state index is 14.2. The predicted octanol–water partition coefficient (Wildman–Crippen LogP) is 6.23. The summed E-state index contributed by atoms with van der Waals surface area (Å²) < 4.78 is 20.8. The molecular weight excluding hydrogens is 407 g/mol. The number of H-pyrrole nitrogens is 1. The van der Waals surface area contributed by atoms with Crippen LogP contribution in [0.15, 0.2) is 42.6 Å². The van der Waals surface area contributed by atoms with Crippen molar-refractivity contribution in [2.45, 2.75) is 70.4 Å². The molecule has 2 amide bonds. The molecule has 0 fully saturated rings. The summed E-state index contributed by atoms with van der Waals surface area (Å²) in [6, 6.07) is 9.30. The van der Waals surface area contributed by atoms with Crippen LogP contribution in [0.3, 0.4) is 0 Å². The number of fused-ring (bicyclic) bond motifs is 2. The Morgan fingerprint density at radius 3 is 2.69 bits per heavy atom. The molecule has 1 aromatic heterocycles. The first kappa shape index (κ1) is 22.1. The van der Waals surface area contributed by atoms with Gasteiger partial charge in [-0.3, -0.25) is 10.00 Å². The van der Waals surface area contributed by atoms with Gasteiger partial charge in [0.2, 0.25) is 0 Å². The third-order valence-electron chi connectivity index (χ3n) is 6.47. The molecule has 0 aliphatic carbocycles. The summed E-state index contributed by atoms with van der Waals surface area (Å²) >= 11 is 0. The first-order chi connectivity index (χ1) is 15.5. The van der Waals surface area contributed by atoms with Crippen LogP contribution in [-0.4, -0.2) is 21.8 Å². The number of hydrogen-bond acceptors (Lipinski definition) is 3. The SMILES string of the molecule is CCCCC1(CCCC)CC(N(C(N)=O)c2cccc3[nH]ncc23)c2ccc(F)cc2O1. The molecule has 1 unspecified atom stereocenters. The van der Waals surface area contributed by atoms with Crippen LogP contribution in [0.25, 0.3) is 10.9 Å². The van der Waals surface area contributed by atoms with Gasteiger partial charge in [0.15, 0.2) is 0 Å². The summed E-state index contributed by atoms with van der Waals surface area (Å²) in [5.74, 6) is 0.144. The monoisotopic (exact) mass is 438 g/mol. The number of primary amides is 1. The lowest BCUT2D eigenvalue weighted by molar-refractivity contribution is 0.0149. The number of nitrogens with one attached hydrogen (secondary N) is 1. The predicted molar refractivity (Wildman–Crippen MR) is 124 cm³/mol. The smallest absolute Gasteiger partial charge is 0.319 e. The molecule has 1 atom stereocenters. The largest absolute Gasteiger partial charge is 0.487 e. The normalized spacial score (nSPS) is 17.0. The second-order valence-corrected chi connectivity index (χ2v) is 8.71. The van der Waals surface area contributed by atoms with Crippen LogP contribution in [0, 0.1) is 5.82 Å². The average Bonchev–Trinajstić information content (AvgIpc) is 3.26. The molecule has 3 N–H and O–H groups in total.